The Labute approximate surface area is 149 Å². The van der Waals surface area contributed by atoms with Crippen molar-refractivity contribution in [3.05, 3.63) is 45.6 Å². The zero-order valence-electron chi connectivity index (χ0n) is 12.6. The smallest absolute Gasteiger partial charge is 0.347 e. The van der Waals surface area contributed by atoms with Gasteiger partial charge in [0.25, 0.3) is 0 Å². The third kappa shape index (κ3) is 5.20. The molecule has 0 spiro atoms. The number of hydrogen-bond donors (Lipinski definition) is 2. The van der Waals surface area contributed by atoms with Gasteiger partial charge in [-0.3, -0.25) is 0 Å². The van der Waals surface area contributed by atoms with Crippen molar-refractivity contribution < 1.29 is 23.1 Å². The van der Waals surface area contributed by atoms with Gasteiger partial charge in [0.2, 0.25) is 10.0 Å². The first-order valence-corrected chi connectivity index (χ1v) is 9.83. The summed E-state index contributed by atoms with van der Waals surface area (Å²) in [6, 6.07) is 8.27. The van der Waals surface area contributed by atoms with Crippen molar-refractivity contribution in [3.63, 3.8) is 0 Å². The summed E-state index contributed by atoms with van der Waals surface area (Å²) in [5.74, 6) is -0.550. The minimum atomic E-state index is -3.81. The molecule has 0 amide bonds. The minimum absolute atomic E-state index is 0.187. The molecule has 0 aliphatic rings. The van der Waals surface area contributed by atoms with Crippen LogP contribution in [-0.2, 0) is 10.0 Å². The molecule has 24 heavy (non-hydrogen) atoms. The van der Waals surface area contributed by atoms with E-state index >= 15 is 0 Å². The molecule has 0 saturated heterocycles. The maximum atomic E-state index is 12.1. The summed E-state index contributed by atoms with van der Waals surface area (Å²) in [5.41, 5.74) is 0. The lowest BCUT2D eigenvalue weighted by Gasteiger charge is -2.08. The second kappa shape index (κ2) is 8.48. The second-order valence-corrected chi connectivity index (χ2v) is 7.91. The van der Waals surface area contributed by atoms with E-state index in [1.807, 2.05) is 0 Å². The minimum Gasteiger partial charge on any atom is -0.494 e. The molecule has 0 bridgehead atoms. The van der Waals surface area contributed by atoms with Crippen LogP contribution in [-0.4, -0.2) is 32.6 Å². The van der Waals surface area contributed by atoms with Crippen LogP contribution < -0.4 is 9.46 Å². The molecule has 0 aliphatic heterocycles. The predicted molar refractivity (Wildman–Crippen MR) is 92.6 cm³/mol. The highest BCUT2D eigenvalue weighted by Crippen LogP contribution is 2.21. The maximum Gasteiger partial charge on any atom is 0.347 e. The molecule has 0 unspecified atom stereocenters. The molecule has 0 aliphatic carbocycles. The Kier molecular flexibility index (Phi) is 6.61. The first-order chi connectivity index (χ1) is 11.4. The fourth-order valence-electron chi connectivity index (χ4n) is 1.90. The molecule has 2 aromatic rings. The quantitative estimate of drug-likeness (QED) is 0.642. The van der Waals surface area contributed by atoms with Crippen molar-refractivity contribution in [2.24, 2.45) is 0 Å². The number of thiophene rings is 1. The summed E-state index contributed by atoms with van der Waals surface area (Å²) in [6.07, 6.45) is 1.22. The number of hydrogen-bond acceptors (Lipinski definition) is 5. The van der Waals surface area contributed by atoms with E-state index in [9.17, 15) is 13.2 Å². The van der Waals surface area contributed by atoms with Crippen LogP contribution in [0.15, 0.2) is 40.6 Å². The number of unbranched alkanes of at least 4 members (excludes halogenated alkanes) is 1. The molecular formula is C15H16ClNO5S2. The van der Waals surface area contributed by atoms with Gasteiger partial charge in [-0.25, -0.2) is 17.9 Å². The summed E-state index contributed by atoms with van der Waals surface area (Å²) in [7, 11) is -3.81. The van der Waals surface area contributed by atoms with Gasteiger partial charge in [-0.1, -0.05) is 11.6 Å². The van der Waals surface area contributed by atoms with Crippen molar-refractivity contribution in [2.75, 3.05) is 13.2 Å². The first kappa shape index (κ1) is 18.7. The zero-order valence-corrected chi connectivity index (χ0v) is 15.0. The van der Waals surface area contributed by atoms with Crippen LogP contribution in [0.25, 0.3) is 0 Å². The van der Waals surface area contributed by atoms with Crippen molar-refractivity contribution in [2.45, 2.75) is 17.7 Å². The van der Waals surface area contributed by atoms with E-state index in [0.717, 1.165) is 11.3 Å². The fourth-order valence-corrected chi connectivity index (χ4v) is 4.36. The van der Waals surface area contributed by atoms with Crippen LogP contribution in [0.4, 0.5) is 0 Å². The third-order valence-corrected chi connectivity index (χ3v) is 5.85. The van der Waals surface area contributed by atoms with Crippen LogP contribution in [0.5, 0.6) is 5.75 Å². The standard InChI is InChI=1S/C15H16ClNO5S2/c16-11-3-5-12(6-4-11)22-9-2-1-8-17-24(20,21)13-7-10-23-14(13)15(18)19/h3-7,10,17H,1-2,8-9H2,(H,18,19). The molecule has 1 aromatic carbocycles. The van der Waals surface area contributed by atoms with Gasteiger partial charge in [0.15, 0.2) is 0 Å². The number of rotatable bonds is 9. The van der Waals surface area contributed by atoms with Gasteiger partial charge in [0, 0.05) is 11.6 Å². The van der Waals surface area contributed by atoms with E-state index in [2.05, 4.69) is 4.72 Å². The highest BCUT2D eigenvalue weighted by Gasteiger charge is 2.23. The van der Waals surface area contributed by atoms with E-state index in [1.54, 1.807) is 24.3 Å². The summed E-state index contributed by atoms with van der Waals surface area (Å²) >= 11 is 6.66. The van der Waals surface area contributed by atoms with E-state index in [-0.39, 0.29) is 16.3 Å². The number of carboxylic acid groups (broad SMARTS) is 1. The molecule has 0 atom stereocenters. The average molecular weight is 390 g/mol. The number of sulfonamides is 1. The van der Waals surface area contributed by atoms with E-state index in [1.165, 1.54) is 11.4 Å². The topological polar surface area (TPSA) is 92.7 Å². The summed E-state index contributed by atoms with van der Waals surface area (Å²) in [4.78, 5) is 10.6. The van der Waals surface area contributed by atoms with Gasteiger partial charge in [-0.05, 0) is 48.6 Å². The van der Waals surface area contributed by atoms with Crippen molar-refractivity contribution in [1.29, 1.82) is 0 Å². The Bertz CT molecular complexity index is 786. The van der Waals surface area contributed by atoms with Crippen LogP contribution >= 0.6 is 22.9 Å². The number of aromatic carboxylic acids is 1. The Morgan fingerprint density at radius 1 is 1.21 bits per heavy atom. The molecular weight excluding hydrogens is 374 g/mol. The largest absolute Gasteiger partial charge is 0.494 e. The third-order valence-electron chi connectivity index (χ3n) is 3.06. The Morgan fingerprint density at radius 3 is 2.58 bits per heavy atom. The Hall–Kier alpha value is -1.61. The van der Waals surface area contributed by atoms with Gasteiger partial charge in [0.05, 0.1) is 6.61 Å². The molecule has 2 N–H and O–H groups in total. The number of halogens is 1. The highest BCUT2D eigenvalue weighted by atomic mass is 35.5. The Morgan fingerprint density at radius 2 is 1.92 bits per heavy atom. The first-order valence-electron chi connectivity index (χ1n) is 7.09. The van der Waals surface area contributed by atoms with Crippen LogP contribution in [0.3, 0.4) is 0 Å². The van der Waals surface area contributed by atoms with Crippen LogP contribution in [0.1, 0.15) is 22.5 Å². The van der Waals surface area contributed by atoms with Gasteiger partial charge in [-0.15, -0.1) is 11.3 Å². The number of benzene rings is 1. The number of carbonyl (C=O) groups is 1. The van der Waals surface area contributed by atoms with Crippen LogP contribution in [0.2, 0.25) is 5.02 Å². The lowest BCUT2D eigenvalue weighted by molar-refractivity contribution is 0.0698. The number of ether oxygens (including phenoxy) is 1. The Balaban J connectivity index is 1.74. The molecule has 0 fully saturated rings. The normalized spacial score (nSPS) is 11.4. The summed E-state index contributed by atoms with van der Waals surface area (Å²) in [5, 5.41) is 11.1. The number of carboxylic acids is 1. The SMILES string of the molecule is O=C(O)c1sccc1S(=O)(=O)NCCCCOc1ccc(Cl)cc1. The average Bonchev–Trinajstić information content (AvgIpc) is 3.03. The molecule has 130 valence electrons. The van der Waals surface area contributed by atoms with Crippen molar-refractivity contribution in [3.8, 4) is 5.75 Å². The maximum absolute atomic E-state index is 12.1. The van der Waals surface area contributed by atoms with E-state index in [0.29, 0.717) is 30.2 Å². The second-order valence-electron chi connectivity index (χ2n) is 4.83. The fraction of sp³-hybridized carbons (Fsp3) is 0.267. The van der Waals surface area contributed by atoms with Crippen molar-refractivity contribution >= 4 is 38.9 Å². The van der Waals surface area contributed by atoms with Gasteiger partial charge in [0.1, 0.15) is 15.5 Å². The lowest BCUT2D eigenvalue weighted by atomic mass is 10.3. The van der Waals surface area contributed by atoms with Gasteiger partial charge in [-0.2, -0.15) is 0 Å². The lowest BCUT2D eigenvalue weighted by Crippen LogP contribution is -2.26. The molecule has 2 rings (SSSR count). The van der Waals surface area contributed by atoms with Crippen molar-refractivity contribution in [1.82, 2.24) is 4.72 Å². The summed E-state index contributed by atoms with van der Waals surface area (Å²) in [6.45, 7) is 0.656. The van der Waals surface area contributed by atoms with Gasteiger partial charge < -0.3 is 9.84 Å². The molecule has 0 radical (unpaired) electrons. The van der Waals surface area contributed by atoms with Gasteiger partial charge >= 0.3 is 5.97 Å². The molecule has 1 heterocycles. The zero-order chi connectivity index (χ0) is 17.6. The monoisotopic (exact) mass is 389 g/mol. The van der Waals surface area contributed by atoms with E-state index < -0.39 is 16.0 Å². The molecule has 6 nitrogen and oxygen atoms in total. The molecule has 0 saturated carbocycles. The predicted octanol–water partition coefficient (Wildman–Crippen LogP) is 3.24. The van der Waals surface area contributed by atoms with Crippen LogP contribution in [0, 0.1) is 0 Å². The molecule has 9 heteroatoms. The number of nitrogens with one attached hydrogen (secondary N) is 1. The highest BCUT2D eigenvalue weighted by molar-refractivity contribution is 7.89. The van der Waals surface area contributed by atoms with E-state index in [4.69, 9.17) is 21.4 Å². The molecule has 1 aromatic heterocycles. The summed E-state index contributed by atoms with van der Waals surface area (Å²) < 4.78 is 32.1.